The first-order chi connectivity index (χ1) is 9.74. The van der Waals surface area contributed by atoms with Gasteiger partial charge in [-0.05, 0) is 24.6 Å². The monoisotopic (exact) mass is 303 g/mol. The van der Waals surface area contributed by atoms with E-state index < -0.39 is 23.5 Å². The highest BCUT2D eigenvalue weighted by Crippen LogP contribution is 2.28. The van der Waals surface area contributed by atoms with Gasteiger partial charge in [0.25, 0.3) is 0 Å². The van der Waals surface area contributed by atoms with Gasteiger partial charge in [0.1, 0.15) is 29.0 Å². The van der Waals surface area contributed by atoms with Crippen LogP contribution in [0.1, 0.15) is 17.1 Å². The molecule has 0 aliphatic heterocycles. The number of alkyl halides is 3. The molecule has 112 valence electrons. The number of nitrogens with zero attached hydrogens (tertiary/aromatic N) is 2. The minimum absolute atomic E-state index is 0.0576. The zero-order chi connectivity index (χ0) is 15.6. The first kappa shape index (κ1) is 15.1. The first-order valence-electron chi connectivity index (χ1n) is 5.86. The molecular weight excluding hydrogens is 293 g/mol. The predicted octanol–water partition coefficient (Wildman–Crippen LogP) is 3.69. The predicted molar refractivity (Wildman–Crippen MR) is 65.5 cm³/mol. The fraction of sp³-hybridized carbons (Fsp3) is 0.231. The number of benzene rings is 1. The Morgan fingerprint density at radius 3 is 2.19 bits per heavy atom. The molecule has 3 nitrogen and oxygen atoms in total. The number of rotatable bonds is 3. The third-order valence-corrected chi connectivity index (χ3v) is 2.52. The zero-order valence-corrected chi connectivity index (χ0v) is 10.8. The van der Waals surface area contributed by atoms with Gasteiger partial charge in [-0.3, -0.25) is 0 Å². The van der Waals surface area contributed by atoms with Crippen molar-refractivity contribution in [1.29, 1.82) is 0 Å². The van der Waals surface area contributed by atoms with Gasteiger partial charge in [0.05, 0.1) is 0 Å². The van der Waals surface area contributed by atoms with E-state index in [-0.39, 0.29) is 23.8 Å². The van der Waals surface area contributed by atoms with Gasteiger partial charge in [-0.25, -0.2) is 18.7 Å². The van der Waals surface area contributed by atoms with Crippen molar-refractivity contribution in [2.75, 3.05) is 5.32 Å². The van der Waals surface area contributed by atoms with Crippen molar-refractivity contribution in [3.63, 3.8) is 0 Å². The molecule has 0 aliphatic rings. The fourth-order valence-electron chi connectivity index (χ4n) is 1.71. The molecule has 0 radical (unpaired) electrons. The van der Waals surface area contributed by atoms with E-state index in [9.17, 15) is 22.0 Å². The minimum Gasteiger partial charge on any atom is -0.366 e. The molecule has 0 amide bonds. The van der Waals surface area contributed by atoms with Crippen LogP contribution in [-0.4, -0.2) is 9.97 Å². The van der Waals surface area contributed by atoms with E-state index in [0.29, 0.717) is 6.07 Å². The third kappa shape index (κ3) is 4.11. The van der Waals surface area contributed by atoms with Crippen molar-refractivity contribution in [3.8, 4) is 0 Å². The van der Waals surface area contributed by atoms with Gasteiger partial charge in [0.15, 0.2) is 0 Å². The van der Waals surface area contributed by atoms with Crippen LogP contribution >= 0.6 is 0 Å². The lowest BCUT2D eigenvalue weighted by Crippen LogP contribution is -2.12. The Balaban J connectivity index is 2.18. The van der Waals surface area contributed by atoms with Crippen LogP contribution in [0.25, 0.3) is 0 Å². The average Bonchev–Trinajstić information content (AvgIpc) is 2.33. The molecule has 1 heterocycles. The molecule has 8 heteroatoms. The molecule has 2 aromatic rings. The quantitative estimate of drug-likeness (QED) is 0.879. The normalized spacial score (nSPS) is 11.5. The van der Waals surface area contributed by atoms with E-state index >= 15 is 0 Å². The van der Waals surface area contributed by atoms with Gasteiger partial charge < -0.3 is 5.32 Å². The summed E-state index contributed by atoms with van der Waals surface area (Å²) in [6.07, 6.45) is -4.59. The van der Waals surface area contributed by atoms with Crippen molar-refractivity contribution in [3.05, 3.63) is 53.0 Å². The van der Waals surface area contributed by atoms with Gasteiger partial charge in [-0.1, -0.05) is 0 Å². The van der Waals surface area contributed by atoms with Gasteiger partial charge in [-0.15, -0.1) is 0 Å². The van der Waals surface area contributed by atoms with Crippen LogP contribution in [0.15, 0.2) is 24.3 Å². The highest BCUT2D eigenvalue weighted by atomic mass is 19.4. The second kappa shape index (κ2) is 5.63. The Kier molecular flexibility index (Phi) is 4.06. The molecule has 2 rings (SSSR count). The Hall–Kier alpha value is -2.25. The third-order valence-electron chi connectivity index (χ3n) is 2.52. The van der Waals surface area contributed by atoms with Crippen LogP contribution in [0.2, 0.25) is 0 Å². The second-order valence-electron chi connectivity index (χ2n) is 4.31. The Bertz CT molecular complexity index is 634. The Morgan fingerprint density at radius 1 is 1.00 bits per heavy atom. The SMILES string of the molecule is Cc1nc(NCc2cc(F)cc(F)c2)cc(C(F)(F)F)n1. The summed E-state index contributed by atoms with van der Waals surface area (Å²) in [4.78, 5) is 7.09. The van der Waals surface area contributed by atoms with E-state index in [1.165, 1.54) is 6.92 Å². The van der Waals surface area contributed by atoms with Crippen molar-refractivity contribution >= 4 is 5.82 Å². The average molecular weight is 303 g/mol. The summed E-state index contributed by atoms with van der Waals surface area (Å²) in [7, 11) is 0. The van der Waals surface area contributed by atoms with Crippen LogP contribution in [0.3, 0.4) is 0 Å². The number of anilines is 1. The summed E-state index contributed by atoms with van der Waals surface area (Å²) < 4.78 is 63.8. The summed E-state index contributed by atoms with van der Waals surface area (Å²) in [5.74, 6) is -1.65. The summed E-state index contributed by atoms with van der Waals surface area (Å²) in [5.41, 5.74) is -0.833. The number of nitrogens with one attached hydrogen (secondary N) is 1. The molecule has 0 unspecified atom stereocenters. The largest absolute Gasteiger partial charge is 0.433 e. The lowest BCUT2D eigenvalue weighted by atomic mass is 10.2. The van der Waals surface area contributed by atoms with Crippen LogP contribution in [0, 0.1) is 18.6 Å². The molecule has 0 aliphatic carbocycles. The lowest BCUT2D eigenvalue weighted by Gasteiger charge is -2.10. The standard InChI is InChI=1S/C13H10F5N3/c1-7-20-11(13(16,17)18)5-12(21-7)19-6-8-2-9(14)4-10(15)3-8/h2-5H,6H2,1H3,(H,19,20,21). The summed E-state index contributed by atoms with van der Waals surface area (Å²) in [6.45, 7) is 1.25. The molecule has 0 saturated heterocycles. The number of hydrogen-bond donors (Lipinski definition) is 1. The number of aryl methyl sites for hydroxylation is 1. The lowest BCUT2D eigenvalue weighted by molar-refractivity contribution is -0.141. The van der Waals surface area contributed by atoms with E-state index in [0.717, 1.165) is 18.2 Å². The van der Waals surface area contributed by atoms with Crippen molar-refractivity contribution < 1.29 is 22.0 Å². The van der Waals surface area contributed by atoms with Crippen molar-refractivity contribution in [1.82, 2.24) is 9.97 Å². The summed E-state index contributed by atoms with van der Waals surface area (Å²) >= 11 is 0. The minimum atomic E-state index is -4.59. The molecule has 0 bridgehead atoms. The van der Waals surface area contributed by atoms with Crippen LogP contribution < -0.4 is 5.32 Å². The van der Waals surface area contributed by atoms with Crippen LogP contribution in [0.4, 0.5) is 27.8 Å². The second-order valence-corrected chi connectivity index (χ2v) is 4.31. The molecule has 0 fully saturated rings. The molecule has 21 heavy (non-hydrogen) atoms. The van der Waals surface area contributed by atoms with Crippen molar-refractivity contribution in [2.45, 2.75) is 19.6 Å². The van der Waals surface area contributed by atoms with Gasteiger partial charge in [-0.2, -0.15) is 13.2 Å². The number of aromatic nitrogens is 2. The molecular formula is C13H10F5N3. The van der Waals surface area contributed by atoms with Gasteiger partial charge in [0, 0.05) is 18.7 Å². The molecule has 1 N–H and O–H groups in total. The van der Waals surface area contributed by atoms with Gasteiger partial charge >= 0.3 is 6.18 Å². The smallest absolute Gasteiger partial charge is 0.366 e. The Labute approximate surface area is 116 Å². The van der Waals surface area contributed by atoms with Crippen LogP contribution in [0.5, 0.6) is 0 Å². The molecule has 1 aromatic carbocycles. The van der Waals surface area contributed by atoms with E-state index in [1.54, 1.807) is 0 Å². The van der Waals surface area contributed by atoms with Crippen LogP contribution in [-0.2, 0) is 12.7 Å². The van der Waals surface area contributed by atoms with E-state index in [2.05, 4.69) is 15.3 Å². The molecule has 1 aromatic heterocycles. The van der Waals surface area contributed by atoms with Crippen molar-refractivity contribution in [2.24, 2.45) is 0 Å². The Morgan fingerprint density at radius 2 is 1.62 bits per heavy atom. The summed E-state index contributed by atoms with van der Waals surface area (Å²) in [6, 6.07) is 3.60. The molecule has 0 spiro atoms. The van der Waals surface area contributed by atoms with E-state index in [1.807, 2.05) is 0 Å². The first-order valence-corrected chi connectivity index (χ1v) is 5.86. The number of halogens is 5. The highest BCUT2D eigenvalue weighted by Gasteiger charge is 2.33. The highest BCUT2D eigenvalue weighted by molar-refractivity contribution is 5.38. The van der Waals surface area contributed by atoms with Gasteiger partial charge in [0.2, 0.25) is 0 Å². The maximum Gasteiger partial charge on any atom is 0.433 e. The molecule has 0 atom stereocenters. The topological polar surface area (TPSA) is 37.8 Å². The summed E-state index contributed by atoms with van der Waals surface area (Å²) in [5, 5.41) is 2.58. The molecule has 0 saturated carbocycles. The van der Waals surface area contributed by atoms with E-state index in [4.69, 9.17) is 0 Å². The number of hydrogen-bond acceptors (Lipinski definition) is 3. The fourth-order valence-corrected chi connectivity index (χ4v) is 1.71. The maximum absolute atomic E-state index is 13.0. The zero-order valence-electron chi connectivity index (χ0n) is 10.8. The maximum atomic E-state index is 13.0.